The van der Waals surface area contributed by atoms with E-state index in [1.165, 1.54) is 11.3 Å². The van der Waals surface area contributed by atoms with Gasteiger partial charge in [0.05, 0.1) is 6.54 Å². The molecule has 0 atom stereocenters. The van der Waals surface area contributed by atoms with Gasteiger partial charge in [0.1, 0.15) is 0 Å². The highest BCUT2D eigenvalue weighted by molar-refractivity contribution is 6.00. The normalized spacial score (nSPS) is 20.7. The summed E-state index contributed by atoms with van der Waals surface area (Å²) in [4.78, 5) is 4.60. The van der Waals surface area contributed by atoms with E-state index in [0.717, 1.165) is 19.4 Å². The quantitative estimate of drug-likeness (QED) is 0.654. The zero-order chi connectivity index (χ0) is 10.3. The van der Waals surface area contributed by atoms with Crippen LogP contribution in [0, 0.1) is 0 Å². The molecule has 15 heavy (non-hydrogen) atoms. The van der Waals surface area contributed by atoms with Crippen LogP contribution in [-0.2, 0) is 0 Å². The second-order valence-corrected chi connectivity index (χ2v) is 3.55. The largest absolute Gasteiger partial charge is 0.285 e. The van der Waals surface area contributed by atoms with Gasteiger partial charge in [0.25, 0.3) is 0 Å². The van der Waals surface area contributed by atoms with Gasteiger partial charge >= 0.3 is 0 Å². The van der Waals surface area contributed by atoms with Crippen molar-refractivity contribution in [2.24, 2.45) is 4.99 Å². The Labute approximate surface area is 90.9 Å². The highest BCUT2D eigenvalue weighted by Crippen LogP contribution is 2.08. The molecular weight excluding hydrogens is 182 g/mol. The lowest BCUT2D eigenvalue weighted by Gasteiger charge is -2.04. The standard InChI is InChI=1S/C14H15N/c1-2-7-11-14(15-12-8-3-1)13-9-5-4-6-10-13/h1-6,8-10H,7,11-12H2/b2-1-,8-3-,15-14?. The van der Waals surface area contributed by atoms with Gasteiger partial charge in [0.2, 0.25) is 0 Å². The molecule has 0 aromatic heterocycles. The molecule has 2 rings (SSSR count). The smallest absolute Gasteiger partial charge is 0.0576 e. The highest BCUT2D eigenvalue weighted by atomic mass is 14.7. The van der Waals surface area contributed by atoms with Gasteiger partial charge in [-0.05, 0) is 18.4 Å². The highest BCUT2D eigenvalue weighted by Gasteiger charge is 2.01. The Balaban J connectivity index is 2.20. The molecule has 0 spiro atoms. The average molecular weight is 197 g/mol. The predicted molar refractivity (Wildman–Crippen MR) is 65.4 cm³/mol. The van der Waals surface area contributed by atoms with Crippen molar-refractivity contribution in [3.8, 4) is 0 Å². The van der Waals surface area contributed by atoms with Crippen LogP contribution in [0.2, 0.25) is 0 Å². The van der Waals surface area contributed by atoms with Gasteiger partial charge in [0.15, 0.2) is 0 Å². The molecule has 0 saturated heterocycles. The predicted octanol–water partition coefficient (Wildman–Crippen LogP) is 3.38. The molecular formula is C14H15N. The van der Waals surface area contributed by atoms with Crippen molar-refractivity contribution >= 4 is 5.71 Å². The van der Waals surface area contributed by atoms with Crippen LogP contribution in [0.15, 0.2) is 59.6 Å². The van der Waals surface area contributed by atoms with Crippen molar-refractivity contribution < 1.29 is 0 Å². The topological polar surface area (TPSA) is 12.4 Å². The number of hydrogen-bond acceptors (Lipinski definition) is 1. The van der Waals surface area contributed by atoms with E-state index in [1.807, 2.05) is 6.07 Å². The van der Waals surface area contributed by atoms with E-state index in [2.05, 4.69) is 53.6 Å². The van der Waals surface area contributed by atoms with Crippen LogP contribution in [0.1, 0.15) is 18.4 Å². The third kappa shape index (κ3) is 2.91. The van der Waals surface area contributed by atoms with E-state index in [4.69, 9.17) is 0 Å². The Hall–Kier alpha value is -1.63. The van der Waals surface area contributed by atoms with Crippen LogP contribution < -0.4 is 0 Å². The number of hydrogen-bond donors (Lipinski definition) is 0. The van der Waals surface area contributed by atoms with Gasteiger partial charge in [0, 0.05) is 5.71 Å². The minimum atomic E-state index is 0.786. The maximum atomic E-state index is 4.60. The Morgan fingerprint density at radius 1 is 0.933 bits per heavy atom. The Morgan fingerprint density at radius 2 is 1.73 bits per heavy atom. The molecule has 1 aliphatic rings. The second kappa shape index (κ2) is 5.30. The van der Waals surface area contributed by atoms with Gasteiger partial charge in [-0.3, -0.25) is 4.99 Å². The molecule has 0 N–H and O–H groups in total. The molecule has 0 amide bonds. The summed E-state index contributed by atoms with van der Waals surface area (Å²) < 4.78 is 0. The minimum Gasteiger partial charge on any atom is -0.285 e. The fourth-order valence-corrected chi connectivity index (χ4v) is 1.64. The van der Waals surface area contributed by atoms with Gasteiger partial charge in [-0.2, -0.15) is 0 Å². The Morgan fingerprint density at radius 3 is 2.60 bits per heavy atom. The zero-order valence-electron chi connectivity index (χ0n) is 8.76. The molecule has 0 bridgehead atoms. The second-order valence-electron chi connectivity index (χ2n) is 3.55. The van der Waals surface area contributed by atoms with Crippen molar-refractivity contribution in [1.82, 2.24) is 0 Å². The summed E-state index contributed by atoms with van der Waals surface area (Å²) in [6, 6.07) is 10.4. The third-order valence-corrected chi connectivity index (χ3v) is 2.43. The van der Waals surface area contributed by atoms with E-state index < -0.39 is 0 Å². The molecule has 1 aromatic rings. The van der Waals surface area contributed by atoms with E-state index >= 15 is 0 Å². The van der Waals surface area contributed by atoms with Crippen molar-refractivity contribution in [2.75, 3.05) is 6.54 Å². The molecule has 0 unspecified atom stereocenters. The molecule has 0 saturated carbocycles. The minimum absolute atomic E-state index is 0.786. The third-order valence-electron chi connectivity index (χ3n) is 2.43. The first-order valence-electron chi connectivity index (χ1n) is 5.37. The Kier molecular flexibility index (Phi) is 3.50. The molecule has 0 radical (unpaired) electrons. The number of allylic oxidation sites excluding steroid dienone is 3. The van der Waals surface area contributed by atoms with Crippen LogP contribution >= 0.6 is 0 Å². The summed E-state index contributed by atoms with van der Waals surface area (Å²) in [5.74, 6) is 0. The van der Waals surface area contributed by atoms with Gasteiger partial charge in [-0.15, -0.1) is 0 Å². The van der Waals surface area contributed by atoms with Gasteiger partial charge in [-0.25, -0.2) is 0 Å². The van der Waals surface area contributed by atoms with Crippen LogP contribution in [0.4, 0.5) is 0 Å². The van der Waals surface area contributed by atoms with Crippen molar-refractivity contribution in [3.05, 3.63) is 60.2 Å². The maximum Gasteiger partial charge on any atom is 0.0576 e. The van der Waals surface area contributed by atoms with E-state index in [9.17, 15) is 0 Å². The lowest BCUT2D eigenvalue weighted by Crippen LogP contribution is -2.00. The molecule has 1 aromatic carbocycles. The number of rotatable bonds is 1. The van der Waals surface area contributed by atoms with E-state index in [-0.39, 0.29) is 0 Å². The number of benzene rings is 1. The molecule has 0 aliphatic carbocycles. The average Bonchev–Trinajstić information content (AvgIpc) is 2.43. The van der Waals surface area contributed by atoms with Crippen LogP contribution in [-0.4, -0.2) is 12.3 Å². The van der Waals surface area contributed by atoms with Gasteiger partial charge in [-0.1, -0.05) is 54.6 Å². The first kappa shape index (κ1) is 9.91. The van der Waals surface area contributed by atoms with Gasteiger partial charge < -0.3 is 0 Å². The lowest BCUT2D eigenvalue weighted by atomic mass is 10.1. The molecule has 1 aliphatic heterocycles. The van der Waals surface area contributed by atoms with Crippen molar-refractivity contribution in [3.63, 3.8) is 0 Å². The summed E-state index contributed by atoms with van der Waals surface area (Å²) in [5.41, 5.74) is 2.47. The monoisotopic (exact) mass is 197 g/mol. The maximum absolute atomic E-state index is 4.60. The number of aliphatic imine (C=N–C) groups is 1. The lowest BCUT2D eigenvalue weighted by molar-refractivity contribution is 1.08. The summed E-state index contributed by atoms with van der Waals surface area (Å²) in [5, 5.41) is 0. The SMILES string of the molecule is C1=C\CCC(c2ccccc2)=NC\C=C/1. The fourth-order valence-electron chi connectivity index (χ4n) is 1.64. The fraction of sp³-hybridized carbons (Fsp3) is 0.214. The summed E-state index contributed by atoms with van der Waals surface area (Å²) in [6.07, 6.45) is 10.5. The van der Waals surface area contributed by atoms with Crippen LogP contribution in [0.5, 0.6) is 0 Å². The van der Waals surface area contributed by atoms with Crippen LogP contribution in [0.3, 0.4) is 0 Å². The zero-order valence-corrected chi connectivity index (χ0v) is 8.76. The Bertz CT molecular complexity index is 385. The summed E-state index contributed by atoms with van der Waals surface area (Å²) in [7, 11) is 0. The summed E-state index contributed by atoms with van der Waals surface area (Å²) in [6.45, 7) is 0.786. The molecule has 76 valence electrons. The van der Waals surface area contributed by atoms with E-state index in [0.29, 0.717) is 0 Å². The summed E-state index contributed by atoms with van der Waals surface area (Å²) >= 11 is 0. The molecule has 0 fully saturated rings. The van der Waals surface area contributed by atoms with Crippen molar-refractivity contribution in [2.45, 2.75) is 12.8 Å². The molecule has 1 heterocycles. The first-order chi connectivity index (χ1) is 7.47. The van der Waals surface area contributed by atoms with Crippen LogP contribution in [0.25, 0.3) is 0 Å². The number of nitrogens with zero attached hydrogens (tertiary/aromatic N) is 1. The van der Waals surface area contributed by atoms with E-state index in [1.54, 1.807) is 0 Å². The molecule has 1 nitrogen and oxygen atoms in total. The first-order valence-corrected chi connectivity index (χ1v) is 5.37. The molecule has 1 heteroatoms. The van der Waals surface area contributed by atoms with Crippen molar-refractivity contribution in [1.29, 1.82) is 0 Å².